The zero-order chi connectivity index (χ0) is 7.82. The van der Waals surface area contributed by atoms with Gasteiger partial charge in [-0.2, -0.15) is 0 Å². The number of nitrogens with one attached hydrogen (secondary N) is 1. The molecule has 3 heteroatoms. The average Bonchev–Trinajstić information content (AvgIpc) is 1.98. The summed E-state index contributed by atoms with van der Waals surface area (Å²) in [4.78, 5) is 3.76. The molecule has 0 bridgehead atoms. The first kappa shape index (κ1) is 9.33. The van der Waals surface area contributed by atoms with E-state index in [1.807, 2.05) is 6.08 Å². The molecule has 0 spiro atoms. The van der Waals surface area contributed by atoms with Gasteiger partial charge in [-0.15, -0.1) is 6.58 Å². The SMILES string of the molecule is C=CC(CN=C)CNCN. The first-order chi connectivity index (χ1) is 4.85. The normalized spacial score (nSPS) is 12.5. The fourth-order valence-corrected chi connectivity index (χ4v) is 0.657. The van der Waals surface area contributed by atoms with Gasteiger partial charge in [0.05, 0.1) is 0 Å². The summed E-state index contributed by atoms with van der Waals surface area (Å²) in [5.41, 5.74) is 5.24. The molecule has 1 unspecified atom stereocenters. The smallest absolute Gasteiger partial charge is 0.0457 e. The molecular weight excluding hydrogens is 126 g/mol. The van der Waals surface area contributed by atoms with Crippen LogP contribution < -0.4 is 11.1 Å². The first-order valence-electron chi connectivity index (χ1n) is 3.31. The topological polar surface area (TPSA) is 50.4 Å². The summed E-state index contributed by atoms with van der Waals surface area (Å²) >= 11 is 0. The van der Waals surface area contributed by atoms with Gasteiger partial charge in [0, 0.05) is 25.7 Å². The van der Waals surface area contributed by atoms with Crippen LogP contribution in [0.1, 0.15) is 0 Å². The van der Waals surface area contributed by atoms with E-state index in [2.05, 4.69) is 23.6 Å². The molecule has 58 valence electrons. The van der Waals surface area contributed by atoms with Gasteiger partial charge in [0.15, 0.2) is 0 Å². The molecule has 3 nitrogen and oxygen atoms in total. The number of hydrogen-bond acceptors (Lipinski definition) is 3. The Kier molecular flexibility index (Phi) is 6.02. The minimum absolute atomic E-state index is 0.362. The van der Waals surface area contributed by atoms with Crippen molar-refractivity contribution in [2.75, 3.05) is 19.8 Å². The Hall–Kier alpha value is -0.670. The fourth-order valence-electron chi connectivity index (χ4n) is 0.657. The van der Waals surface area contributed by atoms with Crippen molar-refractivity contribution >= 4 is 6.72 Å². The van der Waals surface area contributed by atoms with Crippen molar-refractivity contribution in [1.82, 2.24) is 5.32 Å². The number of hydrogen-bond donors (Lipinski definition) is 2. The largest absolute Gasteiger partial charge is 0.318 e. The molecule has 0 heterocycles. The number of aliphatic imine (C=N–C) groups is 1. The minimum Gasteiger partial charge on any atom is -0.318 e. The molecule has 10 heavy (non-hydrogen) atoms. The van der Waals surface area contributed by atoms with E-state index in [9.17, 15) is 0 Å². The summed E-state index contributed by atoms with van der Waals surface area (Å²) < 4.78 is 0. The zero-order valence-electron chi connectivity index (χ0n) is 6.21. The third kappa shape index (κ3) is 4.23. The molecule has 0 aromatic heterocycles. The second-order valence-electron chi connectivity index (χ2n) is 2.06. The van der Waals surface area contributed by atoms with E-state index in [1.54, 1.807) is 0 Å². The maximum absolute atomic E-state index is 5.24. The lowest BCUT2D eigenvalue weighted by Crippen LogP contribution is -2.28. The second kappa shape index (κ2) is 6.45. The van der Waals surface area contributed by atoms with Crippen molar-refractivity contribution in [3.63, 3.8) is 0 Å². The van der Waals surface area contributed by atoms with Gasteiger partial charge >= 0.3 is 0 Å². The van der Waals surface area contributed by atoms with Gasteiger partial charge in [-0.05, 0) is 6.72 Å². The molecule has 0 saturated carbocycles. The van der Waals surface area contributed by atoms with Crippen LogP contribution in [0.5, 0.6) is 0 Å². The van der Waals surface area contributed by atoms with Gasteiger partial charge in [0.25, 0.3) is 0 Å². The molecule has 1 atom stereocenters. The third-order valence-electron chi connectivity index (χ3n) is 1.25. The van der Waals surface area contributed by atoms with E-state index in [0.29, 0.717) is 12.6 Å². The Bertz CT molecular complexity index is 101. The van der Waals surface area contributed by atoms with Gasteiger partial charge in [-0.1, -0.05) is 6.08 Å². The number of nitrogens with two attached hydrogens (primary N) is 1. The van der Waals surface area contributed by atoms with Gasteiger partial charge in [0.1, 0.15) is 0 Å². The molecular formula is C7H15N3. The Morgan fingerprint density at radius 2 is 2.40 bits per heavy atom. The highest BCUT2D eigenvalue weighted by Gasteiger charge is 1.99. The van der Waals surface area contributed by atoms with Crippen LogP contribution in [0.15, 0.2) is 17.6 Å². The van der Waals surface area contributed by atoms with Crippen LogP contribution in [0.2, 0.25) is 0 Å². The highest BCUT2D eigenvalue weighted by Crippen LogP contribution is 1.94. The van der Waals surface area contributed by atoms with Crippen LogP contribution >= 0.6 is 0 Å². The molecule has 0 aromatic rings. The summed E-state index contributed by atoms with van der Waals surface area (Å²) in [5, 5.41) is 3.00. The molecule has 0 amide bonds. The maximum Gasteiger partial charge on any atom is 0.0457 e. The first-order valence-corrected chi connectivity index (χ1v) is 3.31. The fraction of sp³-hybridized carbons (Fsp3) is 0.571. The average molecular weight is 141 g/mol. The van der Waals surface area contributed by atoms with Crippen molar-refractivity contribution in [3.8, 4) is 0 Å². The predicted octanol–water partition coefficient (Wildman–Crippen LogP) is -0.00500. The van der Waals surface area contributed by atoms with Crippen molar-refractivity contribution < 1.29 is 0 Å². The van der Waals surface area contributed by atoms with Crippen LogP contribution in [-0.2, 0) is 0 Å². The summed E-state index contributed by atoms with van der Waals surface area (Å²) in [6.07, 6.45) is 1.86. The molecule has 0 aliphatic rings. The van der Waals surface area contributed by atoms with Gasteiger partial charge in [-0.25, -0.2) is 0 Å². The third-order valence-corrected chi connectivity index (χ3v) is 1.25. The molecule has 0 aliphatic carbocycles. The molecule has 0 fully saturated rings. The lowest BCUT2D eigenvalue weighted by Gasteiger charge is -2.08. The quantitative estimate of drug-likeness (QED) is 0.310. The van der Waals surface area contributed by atoms with Crippen LogP contribution in [0.4, 0.5) is 0 Å². The van der Waals surface area contributed by atoms with Crippen molar-refractivity contribution in [1.29, 1.82) is 0 Å². The monoisotopic (exact) mass is 141 g/mol. The summed E-state index contributed by atoms with van der Waals surface area (Å²) in [7, 11) is 0. The number of rotatable bonds is 6. The lowest BCUT2D eigenvalue weighted by molar-refractivity contribution is 0.576. The van der Waals surface area contributed by atoms with Crippen LogP contribution in [0.3, 0.4) is 0 Å². The molecule has 0 radical (unpaired) electrons. The van der Waals surface area contributed by atoms with E-state index < -0.39 is 0 Å². The summed E-state index contributed by atoms with van der Waals surface area (Å²) in [6.45, 7) is 9.12. The second-order valence-corrected chi connectivity index (χ2v) is 2.06. The van der Waals surface area contributed by atoms with E-state index >= 15 is 0 Å². The summed E-state index contributed by atoms with van der Waals surface area (Å²) in [6, 6.07) is 0. The lowest BCUT2D eigenvalue weighted by atomic mass is 10.1. The zero-order valence-corrected chi connectivity index (χ0v) is 6.21. The van der Waals surface area contributed by atoms with Crippen LogP contribution in [0.25, 0.3) is 0 Å². The van der Waals surface area contributed by atoms with Gasteiger partial charge < -0.3 is 16.0 Å². The van der Waals surface area contributed by atoms with E-state index in [4.69, 9.17) is 5.73 Å². The predicted molar refractivity (Wildman–Crippen MR) is 45.2 cm³/mol. The Labute approximate surface area is 62.0 Å². The van der Waals surface area contributed by atoms with Crippen molar-refractivity contribution in [2.45, 2.75) is 0 Å². The molecule has 0 saturated heterocycles. The van der Waals surface area contributed by atoms with E-state index in [-0.39, 0.29) is 0 Å². The molecule has 0 aromatic carbocycles. The Morgan fingerprint density at radius 1 is 1.70 bits per heavy atom. The maximum atomic E-state index is 5.24. The Balaban J connectivity index is 3.38. The van der Waals surface area contributed by atoms with Gasteiger partial charge in [0.2, 0.25) is 0 Å². The van der Waals surface area contributed by atoms with Crippen molar-refractivity contribution in [3.05, 3.63) is 12.7 Å². The Morgan fingerprint density at radius 3 is 2.80 bits per heavy atom. The van der Waals surface area contributed by atoms with E-state index in [0.717, 1.165) is 13.1 Å². The van der Waals surface area contributed by atoms with Crippen LogP contribution in [-0.4, -0.2) is 26.5 Å². The van der Waals surface area contributed by atoms with Crippen LogP contribution in [0, 0.1) is 5.92 Å². The minimum atomic E-state index is 0.362. The highest BCUT2D eigenvalue weighted by molar-refractivity contribution is 5.23. The number of nitrogens with zero attached hydrogens (tertiary/aromatic N) is 1. The standard InChI is InChI=1S/C7H15N3/c1-3-7(4-9-2)5-10-6-8/h3,7,10H,1-2,4-6,8H2. The van der Waals surface area contributed by atoms with E-state index in [1.165, 1.54) is 0 Å². The molecule has 0 aliphatic heterocycles. The molecule has 3 N–H and O–H groups in total. The highest BCUT2D eigenvalue weighted by atomic mass is 15.0. The van der Waals surface area contributed by atoms with Gasteiger partial charge in [-0.3, -0.25) is 0 Å². The summed E-state index contributed by atoms with van der Waals surface area (Å²) in [5.74, 6) is 0.362. The van der Waals surface area contributed by atoms with Crippen molar-refractivity contribution in [2.24, 2.45) is 16.6 Å². The molecule has 0 rings (SSSR count).